The number of allylic oxidation sites excluding steroid dienone is 2. The zero-order valence-electron chi connectivity index (χ0n) is 29.8. The van der Waals surface area contributed by atoms with Gasteiger partial charge in [0.25, 0.3) is 0 Å². The topological polar surface area (TPSA) is 96.3 Å². The van der Waals surface area contributed by atoms with E-state index in [1.54, 1.807) is 14.2 Å². The molecule has 4 atom stereocenters. The van der Waals surface area contributed by atoms with Gasteiger partial charge in [0.15, 0.2) is 17.3 Å². The smallest absolute Gasteiger partial charge is 0.227 e. The van der Waals surface area contributed by atoms with Gasteiger partial charge in [0.1, 0.15) is 0 Å². The summed E-state index contributed by atoms with van der Waals surface area (Å²) in [4.78, 5) is 30.0. The summed E-state index contributed by atoms with van der Waals surface area (Å²) in [6.07, 6.45) is 7.24. The number of aliphatic hydroxyl groups is 2. The van der Waals surface area contributed by atoms with Crippen molar-refractivity contribution in [2.24, 2.45) is 5.41 Å². The van der Waals surface area contributed by atoms with Crippen molar-refractivity contribution >= 4 is 11.7 Å². The Labute approximate surface area is 292 Å². The standard InChI is InChI=1S/C42H53NO6/c1-6-23-43(39(45)27-31-16-19-37(48-4)38(26-31)49-5)28-42(47)22-20-36-34-18-15-30(25-35(34)40(46)32-12-8-7-9-13-32)24-33(44)17-14-29(2)11-10-21-41(36,42)3/h7-9,11-13,15-16,18-19,25-26,33,36,44,47H,6,10,14,17,20-24,27-28H2,1-5H3. The van der Waals surface area contributed by atoms with Crippen LogP contribution >= 0.6 is 0 Å². The van der Waals surface area contributed by atoms with Gasteiger partial charge in [-0.05, 0) is 99.1 Å². The minimum atomic E-state index is -1.18. The van der Waals surface area contributed by atoms with E-state index in [0.29, 0.717) is 61.3 Å². The highest BCUT2D eigenvalue weighted by atomic mass is 16.5. The predicted octanol–water partition coefficient (Wildman–Crippen LogP) is 7.45. The first-order chi connectivity index (χ1) is 23.5. The van der Waals surface area contributed by atoms with E-state index in [1.165, 1.54) is 5.57 Å². The molecule has 3 aliphatic carbocycles. The van der Waals surface area contributed by atoms with E-state index in [4.69, 9.17) is 9.47 Å². The van der Waals surface area contributed by atoms with Gasteiger partial charge < -0.3 is 24.6 Å². The van der Waals surface area contributed by atoms with E-state index in [1.807, 2.05) is 65.6 Å². The number of fused-ring (bicyclic) bond motifs is 8. The monoisotopic (exact) mass is 667 g/mol. The summed E-state index contributed by atoms with van der Waals surface area (Å²) in [6, 6.07) is 20.9. The average molecular weight is 668 g/mol. The fourth-order valence-electron chi connectivity index (χ4n) is 8.10. The Hall–Kier alpha value is -3.94. The minimum Gasteiger partial charge on any atom is -0.493 e. The Morgan fingerprint density at radius 3 is 2.43 bits per heavy atom. The van der Waals surface area contributed by atoms with E-state index in [-0.39, 0.29) is 30.6 Å². The molecule has 1 saturated carbocycles. The molecule has 3 aromatic carbocycles. The lowest BCUT2D eigenvalue weighted by molar-refractivity contribution is -0.139. The maximum Gasteiger partial charge on any atom is 0.227 e. The van der Waals surface area contributed by atoms with Crippen molar-refractivity contribution < 1.29 is 29.3 Å². The number of benzene rings is 3. The summed E-state index contributed by atoms with van der Waals surface area (Å²) < 4.78 is 10.9. The van der Waals surface area contributed by atoms with Gasteiger partial charge in [-0.3, -0.25) is 9.59 Å². The highest BCUT2D eigenvalue weighted by Crippen LogP contribution is 2.59. The number of ketones is 1. The summed E-state index contributed by atoms with van der Waals surface area (Å²) in [5.74, 6) is 0.972. The van der Waals surface area contributed by atoms with Gasteiger partial charge >= 0.3 is 0 Å². The Morgan fingerprint density at radius 2 is 1.71 bits per heavy atom. The van der Waals surface area contributed by atoms with E-state index >= 15 is 0 Å². The third-order valence-corrected chi connectivity index (χ3v) is 11.1. The lowest BCUT2D eigenvalue weighted by Crippen LogP contribution is -2.54. The summed E-state index contributed by atoms with van der Waals surface area (Å²) >= 11 is 0. The average Bonchev–Trinajstić information content (AvgIpc) is 3.35. The molecule has 0 aromatic heterocycles. The number of hydrogen-bond acceptors (Lipinski definition) is 6. The van der Waals surface area contributed by atoms with Crippen LogP contribution in [0.1, 0.15) is 104 Å². The molecule has 6 rings (SSSR count). The van der Waals surface area contributed by atoms with Crippen molar-refractivity contribution in [3.8, 4) is 11.5 Å². The maximum atomic E-state index is 14.2. The van der Waals surface area contributed by atoms with Gasteiger partial charge in [-0.25, -0.2) is 0 Å². The molecule has 49 heavy (non-hydrogen) atoms. The number of carbonyl (C=O) groups is 2. The van der Waals surface area contributed by atoms with Crippen LogP contribution in [0.2, 0.25) is 0 Å². The number of carbonyl (C=O) groups excluding carboxylic acids is 2. The molecule has 0 saturated heterocycles. The molecular weight excluding hydrogens is 614 g/mol. The summed E-state index contributed by atoms with van der Waals surface area (Å²) in [5.41, 5.74) is 3.35. The van der Waals surface area contributed by atoms with Gasteiger partial charge in [0.05, 0.1) is 32.3 Å². The molecule has 262 valence electrons. The fraction of sp³-hybridized carbons (Fsp3) is 0.476. The van der Waals surface area contributed by atoms with E-state index < -0.39 is 17.1 Å². The van der Waals surface area contributed by atoms with Crippen LogP contribution in [0.5, 0.6) is 11.5 Å². The molecule has 7 nitrogen and oxygen atoms in total. The second-order valence-electron chi connectivity index (χ2n) is 14.3. The number of amides is 1. The van der Waals surface area contributed by atoms with Crippen LogP contribution in [0.25, 0.3) is 0 Å². The van der Waals surface area contributed by atoms with Crippen LogP contribution in [-0.2, 0) is 17.6 Å². The van der Waals surface area contributed by atoms with Crippen molar-refractivity contribution in [3.63, 3.8) is 0 Å². The zero-order valence-corrected chi connectivity index (χ0v) is 29.8. The lowest BCUT2D eigenvalue weighted by Gasteiger charge is -2.46. The quantitative estimate of drug-likeness (QED) is 0.172. The van der Waals surface area contributed by atoms with Crippen LogP contribution < -0.4 is 9.47 Å². The molecule has 3 aliphatic rings. The Balaban J connectivity index is 1.53. The number of rotatable bonds is 10. The highest BCUT2D eigenvalue weighted by Gasteiger charge is 2.57. The molecule has 0 aliphatic heterocycles. The molecule has 0 spiro atoms. The van der Waals surface area contributed by atoms with Crippen LogP contribution in [-0.4, -0.2) is 65.8 Å². The zero-order chi connectivity index (χ0) is 35.2. The number of ether oxygens (including phenoxy) is 2. The van der Waals surface area contributed by atoms with Crippen molar-refractivity contribution in [2.75, 3.05) is 27.3 Å². The van der Waals surface area contributed by atoms with Crippen LogP contribution in [0.4, 0.5) is 0 Å². The fourth-order valence-corrected chi connectivity index (χ4v) is 8.10. The molecule has 0 radical (unpaired) electrons. The molecule has 1 fully saturated rings. The summed E-state index contributed by atoms with van der Waals surface area (Å²) in [6.45, 7) is 7.07. The van der Waals surface area contributed by atoms with Crippen molar-refractivity contribution in [3.05, 3.63) is 106 Å². The van der Waals surface area contributed by atoms with Crippen LogP contribution in [0, 0.1) is 5.41 Å². The molecule has 1 amide bonds. The van der Waals surface area contributed by atoms with Crippen LogP contribution in [0.15, 0.2) is 78.4 Å². The van der Waals surface area contributed by atoms with Crippen molar-refractivity contribution in [1.82, 2.24) is 4.90 Å². The molecule has 0 heterocycles. The maximum absolute atomic E-state index is 14.2. The van der Waals surface area contributed by atoms with Gasteiger partial charge in [-0.1, -0.05) is 74.0 Å². The minimum absolute atomic E-state index is 0.0472. The number of aliphatic hydroxyl groups excluding tert-OH is 1. The van der Waals surface area contributed by atoms with E-state index in [9.17, 15) is 19.8 Å². The van der Waals surface area contributed by atoms with Gasteiger partial charge in [0, 0.05) is 29.6 Å². The molecular formula is C42H53NO6. The second kappa shape index (κ2) is 15.7. The van der Waals surface area contributed by atoms with Gasteiger partial charge in [-0.15, -0.1) is 0 Å². The molecule has 4 unspecified atom stereocenters. The Morgan fingerprint density at radius 1 is 0.959 bits per heavy atom. The van der Waals surface area contributed by atoms with Gasteiger partial charge in [0.2, 0.25) is 5.91 Å². The normalized spacial score (nSPS) is 24.0. The van der Waals surface area contributed by atoms with Crippen molar-refractivity contribution in [2.45, 2.75) is 96.2 Å². The second-order valence-corrected chi connectivity index (χ2v) is 14.3. The van der Waals surface area contributed by atoms with Crippen molar-refractivity contribution in [1.29, 1.82) is 0 Å². The van der Waals surface area contributed by atoms with E-state index in [2.05, 4.69) is 32.9 Å². The first-order valence-corrected chi connectivity index (χ1v) is 17.8. The summed E-state index contributed by atoms with van der Waals surface area (Å²) in [5, 5.41) is 23.7. The largest absolute Gasteiger partial charge is 0.493 e. The first kappa shape index (κ1) is 36.3. The number of nitrogens with zero attached hydrogens (tertiary/aromatic N) is 1. The van der Waals surface area contributed by atoms with Gasteiger partial charge in [-0.2, -0.15) is 0 Å². The molecule has 2 bridgehead atoms. The van der Waals surface area contributed by atoms with Crippen LogP contribution in [0.3, 0.4) is 0 Å². The first-order valence-electron chi connectivity index (χ1n) is 17.8. The number of hydrogen-bond donors (Lipinski definition) is 2. The number of methoxy groups -OCH3 is 2. The predicted molar refractivity (Wildman–Crippen MR) is 193 cm³/mol. The highest BCUT2D eigenvalue weighted by molar-refractivity contribution is 6.10. The lowest BCUT2D eigenvalue weighted by atomic mass is 9.64. The van der Waals surface area contributed by atoms with E-state index in [0.717, 1.165) is 36.0 Å². The molecule has 7 heteroatoms. The summed E-state index contributed by atoms with van der Waals surface area (Å²) in [7, 11) is 3.17. The third-order valence-electron chi connectivity index (χ3n) is 11.1. The molecule has 2 N–H and O–H groups in total. The molecule has 3 aromatic rings. The third kappa shape index (κ3) is 7.94. The Bertz CT molecular complexity index is 1650. The SMILES string of the molecule is CCCN(CC1(O)CCC2c3ccc(cc3C(=O)c3ccccc3)CC(O)CCC(C)=CCCC21C)C(=O)Cc1ccc(OC)c(OC)c1. The Kier molecular flexibility index (Phi) is 11.7.